The third-order valence-corrected chi connectivity index (χ3v) is 5.02. The molecular formula is C19H16I2N2O3. The lowest BCUT2D eigenvalue weighted by Crippen LogP contribution is -2.29. The summed E-state index contributed by atoms with van der Waals surface area (Å²) in [5.41, 5.74) is 0.523. The Bertz CT molecular complexity index is 834. The van der Waals surface area contributed by atoms with E-state index < -0.39 is 6.10 Å². The molecule has 0 amide bonds. The molecule has 1 aromatic heterocycles. The monoisotopic (exact) mass is 574 g/mol. The predicted octanol–water partition coefficient (Wildman–Crippen LogP) is 4.40. The minimum atomic E-state index is -0.435. The van der Waals surface area contributed by atoms with Gasteiger partial charge in [-0.2, -0.15) is 0 Å². The maximum Gasteiger partial charge on any atom is 0.338 e. The molecule has 0 saturated heterocycles. The van der Waals surface area contributed by atoms with Gasteiger partial charge in [0.05, 0.1) is 18.4 Å². The number of carbonyl (C=O) groups excluding carboxylic acids is 1. The molecule has 134 valence electrons. The number of rotatable bonds is 7. The molecule has 1 heterocycles. The van der Waals surface area contributed by atoms with Crippen LogP contribution in [0.3, 0.4) is 0 Å². The molecule has 1 unspecified atom stereocenters. The van der Waals surface area contributed by atoms with Crippen molar-refractivity contribution in [1.29, 1.82) is 0 Å². The Kier molecular flexibility index (Phi) is 6.89. The van der Waals surface area contributed by atoms with Crippen molar-refractivity contribution in [3.8, 4) is 5.75 Å². The van der Waals surface area contributed by atoms with E-state index in [-0.39, 0.29) is 12.6 Å². The molecule has 2 aromatic carbocycles. The van der Waals surface area contributed by atoms with Gasteiger partial charge in [0, 0.05) is 19.5 Å². The lowest BCUT2D eigenvalue weighted by molar-refractivity contribution is 0.0125. The molecule has 0 saturated carbocycles. The van der Waals surface area contributed by atoms with Crippen LogP contribution in [-0.2, 0) is 11.3 Å². The Morgan fingerprint density at radius 3 is 2.31 bits per heavy atom. The second-order valence-electron chi connectivity index (χ2n) is 5.56. The Morgan fingerprint density at radius 1 is 1.04 bits per heavy atom. The van der Waals surface area contributed by atoms with Crippen LogP contribution < -0.4 is 4.74 Å². The molecule has 1 atom stereocenters. The van der Waals surface area contributed by atoms with Gasteiger partial charge in [-0.05, 0) is 93.7 Å². The van der Waals surface area contributed by atoms with Gasteiger partial charge in [-0.1, -0.05) is 0 Å². The number of aromatic nitrogens is 2. The average molecular weight is 574 g/mol. The Morgan fingerprint density at radius 2 is 1.69 bits per heavy atom. The minimum absolute atomic E-state index is 0.259. The Balaban J connectivity index is 1.66. The highest BCUT2D eigenvalue weighted by atomic mass is 127. The molecule has 0 bridgehead atoms. The standard InChI is InChI=1S/C19H16I2N2O3/c20-15-3-1-14(2-4-15)19(24)26-18(11-23-10-9-22-13-23)12-25-17-7-5-16(21)6-8-17/h1-10,13,18H,11-12H2. The van der Waals surface area contributed by atoms with Crippen LogP contribution in [0.5, 0.6) is 5.75 Å². The Hall–Kier alpha value is -1.62. The fourth-order valence-corrected chi connectivity index (χ4v) is 3.00. The maximum atomic E-state index is 12.4. The molecule has 0 spiro atoms. The first kappa shape index (κ1) is 19.2. The van der Waals surface area contributed by atoms with E-state index >= 15 is 0 Å². The molecule has 0 aliphatic carbocycles. The predicted molar refractivity (Wildman–Crippen MR) is 115 cm³/mol. The van der Waals surface area contributed by atoms with E-state index in [1.54, 1.807) is 24.7 Å². The third-order valence-electron chi connectivity index (χ3n) is 3.58. The number of ether oxygens (including phenoxy) is 2. The highest BCUT2D eigenvalue weighted by Crippen LogP contribution is 2.15. The van der Waals surface area contributed by atoms with E-state index in [9.17, 15) is 4.79 Å². The summed E-state index contributed by atoms with van der Waals surface area (Å²) in [6, 6.07) is 15.0. The smallest absolute Gasteiger partial charge is 0.338 e. The fourth-order valence-electron chi connectivity index (χ4n) is 2.28. The first-order chi connectivity index (χ1) is 12.6. The number of nitrogens with zero attached hydrogens (tertiary/aromatic N) is 2. The van der Waals surface area contributed by atoms with Crippen LogP contribution in [0.15, 0.2) is 67.3 Å². The van der Waals surface area contributed by atoms with Gasteiger partial charge in [-0.25, -0.2) is 9.78 Å². The van der Waals surface area contributed by atoms with E-state index in [2.05, 4.69) is 50.2 Å². The SMILES string of the molecule is O=C(OC(COc1ccc(I)cc1)Cn1ccnc1)c1ccc(I)cc1. The number of hydrogen-bond donors (Lipinski definition) is 0. The van der Waals surface area contributed by atoms with E-state index in [4.69, 9.17) is 9.47 Å². The summed E-state index contributed by atoms with van der Waals surface area (Å²) in [4.78, 5) is 16.5. The van der Waals surface area contributed by atoms with Crippen molar-refractivity contribution < 1.29 is 14.3 Å². The van der Waals surface area contributed by atoms with Gasteiger partial charge in [-0.15, -0.1) is 0 Å². The molecule has 3 aromatic rings. The van der Waals surface area contributed by atoms with E-state index in [0.717, 1.165) is 12.9 Å². The summed E-state index contributed by atoms with van der Waals surface area (Å²) >= 11 is 4.44. The van der Waals surface area contributed by atoms with Crippen molar-refractivity contribution in [3.63, 3.8) is 0 Å². The van der Waals surface area contributed by atoms with Gasteiger partial charge >= 0.3 is 5.97 Å². The van der Waals surface area contributed by atoms with Crippen molar-refractivity contribution >= 4 is 51.2 Å². The third kappa shape index (κ3) is 5.70. The summed E-state index contributed by atoms with van der Waals surface area (Å²) in [7, 11) is 0. The second-order valence-corrected chi connectivity index (χ2v) is 8.05. The lowest BCUT2D eigenvalue weighted by Gasteiger charge is -2.19. The van der Waals surface area contributed by atoms with Crippen LogP contribution in [0, 0.1) is 7.14 Å². The van der Waals surface area contributed by atoms with Gasteiger partial charge < -0.3 is 14.0 Å². The van der Waals surface area contributed by atoms with Gasteiger partial charge in [-0.3, -0.25) is 0 Å². The molecule has 0 fully saturated rings. The molecule has 5 nitrogen and oxygen atoms in total. The largest absolute Gasteiger partial charge is 0.490 e. The first-order valence-electron chi connectivity index (χ1n) is 7.91. The van der Waals surface area contributed by atoms with E-state index in [0.29, 0.717) is 12.1 Å². The van der Waals surface area contributed by atoms with Crippen molar-refractivity contribution in [2.24, 2.45) is 0 Å². The fraction of sp³-hybridized carbons (Fsp3) is 0.158. The van der Waals surface area contributed by atoms with Crippen molar-refractivity contribution in [2.45, 2.75) is 12.6 Å². The van der Waals surface area contributed by atoms with Crippen LogP contribution in [-0.4, -0.2) is 28.2 Å². The van der Waals surface area contributed by atoms with Crippen molar-refractivity contribution in [3.05, 3.63) is 80.0 Å². The maximum absolute atomic E-state index is 12.4. The first-order valence-corrected chi connectivity index (χ1v) is 10.1. The molecule has 0 aliphatic heterocycles. The number of hydrogen-bond acceptors (Lipinski definition) is 4. The topological polar surface area (TPSA) is 53.4 Å². The van der Waals surface area contributed by atoms with Gasteiger partial charge in [0.2, 0.25) is 0 Å². The molecule has 3 rings (SSSR count). The van der Waals surface area contributed by atoms with Gasteiger partial charge in [0.25, 0.3) is 0 Å². The highest BCUT2D eigenvalue weighted by molar-refractivity contribution is 14.1. The molecular weight excluding hydrogens is 558 g/mol. The minimum Gasteiger partial charge on any atom is -0.490 e. The van der Waals surface area contributed by atoms with E-state index in [1.165, 1.54) is 0 Å². The van der Waals surface area contributed by atoms with Crippen LogP contribution >= 0.6 is 45.2 Å². The number of halogens is 2. The molecule has 7 heteroatoms. The van der Waals surface area contributed by atoms with Gasteiger partial charge in [0.15, 0.2) is 6.10 Å². The quantitative estimate of drug-likeness (QED) is 0.311. The number of benzene rings is 2. The zero-order valence-corrected chi connectivity index (χ0v) is 18.0. The molecule has 0 radical (unpaired) electrons. The van der Waals surface area contributed by atoms with Crippen LogP contribution in [0.4, 0.5) is 0 Å². The highest BCUT2D eigenvalue weighted by Gasteiger charge is 2.18. The van der Waals surface area contributed by atoms with Crippen LogP contribution in [0.25, 0.3) is 0 Å². The number of imidazole rings is 1. The molecule has 26 heavy (non-hydrogen) atoms. The number of esters is 1. The summed E-state index contributed by atoms with van der Waals surface area (Å²) in [6.07, 6.45) is 4.78. The second kappa shape index (κ2) is 9.36. The van der Waals surface area contributed by atoms with Gasteiger partial charge in [0.1, 0.15) is 12.4 Å². The summed E-state index contributed by atoms with van der Waals surface area (Å²) in [5, 5.41) is 0. The summed E-state index contributed by atoms with van der Waals surface area (Å²) < 4.78 is 15.6. The van der Waals surface area contributed by atoms with Crippen LogP contribution in [0.1, 0.15) is 10.4 Å². The van der Waals surface area contributed by atoms with Crippen LogP contribution in [0.2, 0.25) is 0 Å². The Labute approximate surface area is 179 Å². The average Bonchev–Trinajstić information content (AvgIpc) is 3.14. The zero-order chi connectivity index (χ0) is 18.4. The summed E-state index contributed by atoms with van der Waals surface area (Å²) in [6.45, 7) is 0.732. The molecule has 0 N–H and O–H groups in total. The lowest BCUT2D eigenvalue weighted by atomic mass is 10.2. The van der Waals surface area contributed by atoms with Crippen molar-refractivity contribution in [2.75, 3.05) is 6.61 Å². The van der Waals surface area contributed by atoms with E-state index in [1.807, 2.05) is 47.2 Å². The zero-order valence-electron chi connectivity index (χ0n) is 13.7. The molecule has 0 aliphatic rings. The summed E-state index contributed by atoms with van der Waals surface area (Å²) in [5.74, 6) is 0.379. The van der Waals surface area contributed by atoms with Crippen molar-refractivity contribution in [1.82, 2.24) is 9.55 Å². The number of carbonyl (C=O) groups is 1. The normalized spacial score (nSPS) is 11.8.